The number of carbonyl (C=O) groups excluding carboxylic acids is 1. The molecule has 2 fully saturated rings. The van der Waals surface area contributed by atoms with Crippen molar-refractivity contribution in [2.24, 2.45) is 5.92 Å². The maximum Gasteiger partial charge on any atom is 0.254 e. The molecule has 4 nitrogen and oxygen atoms in total. The third kappa shape index (κ3) is 2.82. The van der Waals surface area contributed by atoms with Crippen LogP contribution in [0.2, 0.25) is 0 Å². The van der Waals surface area contributed by atoms with Gasteiger partial charge in [0.1, 0.15) is 0 Å². The van der Waals surface area contributed by atoms with Gasteiger partial charge < -0.3 is 14.7 Å². The van der Waals surface area contributed by atoms with Gasteiger partial charge in [-0.05, 0) is 60.7 Å². The fourth-order valence-electron chi connectivity index (χ4n) is 5.47. The minimum Gasteiger partial charge on any atom is -0.369 e. The summed E-state index contributed by atoms with van der Waals surface area (Å²) >= 11 is 0. The molecule has 5 rings (SSSR count). The summed E-state index contributed by atoms with van der Waals surface area (Å²) in [6, 6.07) is 17.0. The van der Waals surface area contributed by atoms with Crippen molar-refractivity contribution in [3.05, 3.63) is 65.2 Å². The van der Waals surface area contributed by atoms with Gasteiger partial charge in [-0.1, -0.05) is 31.2 Å². The normalized spacial score (nSPS) is 27.0. The summed E-state index contributed by atoms with van der Waals surface area (Å²) in [5.41, 5.74) is 4.98. The highest BCUT2D eigenvalue weighted by atomic mass is 16.2. The van der Waals surface area contributed by atoms with E-state index in [0.29, 0.717) is 11.8 Å². The lowest BCUT2D eigenvalue weighted by atomic mass is 9.85. The van der Waals surface area contributed by atoms with Crippen molar-refractivity contribution >= 4 is 11.6 Å². The summed E-state index contributed by atoms with van der Waals surface area (Å²) in [5.74, 6) is 1.24. The molecular weight excluding hydrogens is 346 g/mol. The number of nitrogens with zero attached hydrogens (tertiary/aromatic N) is 3. The van der Waals surface area contributed by atoms with Crippen molar-refractivity contribution in [1.82, 2.24) is 9.80 Å². The van der Waals surface area contributed by atoms with E-state index in [0.717, 1.165) is 44.7 Å². The fourth-order valence-corrected chi connectivity index (χ4v) is 5.47. The molecular formula is C24H29N3O. The average Bonchev–Trinajstić information content (AvgIpc) is 2.90. The van der Waals surface area contributed by atoms with Crippen LogP contribution in [0.4, 0.5) is 5.69 Å². The van der Waals surface area contributed by atoms with Gasteiger partial charge in [-0.3, -0.25) is 4.79 Å². The first-order valence-electron chi connectivity index (χ1n) is 10.6. The number of hydrogen-bond acceptors (Lipinski definition) is 3. The number of likely N-dealkylation sites (tertiary alicyclic amines) is 1. The number of fused-ring (bicyclic) bond motifs is 5. The monoisotopic (exact) mass is 375 g/mol. The molecule has 2 aliphatic heterocycles. The summed E-state index contributed by atoms with van der Waals surface area (Å²) in [4.78, 5) is 20.3. The van der Waals surface area contributed by atoms with Crippen molar-refractivity contribution in [2.75, 3.05) is 44.7 Å². The van der Waals surface area contributed by atoms with E-state index in [2.05, 4.69) is 46.9 Å². The predicted octanol–water partition coefficient (Wildman–Crippen LogP) is 3.76. The van der Waals surface area contributed by atoms with Crippen LogP contribution in [0.3, 0.4) is 0 Å². The van der Waals surface area contributed by atoms with Gasteiger partial charge in [0.15, 0.2) is 0 Å². The number of amides is 1. The number of piperazine rings is 1. The van der Waals surface area contributed by atoms with Gasteiger partial charge in [-0.15, -0.1) is 0 Å². The van der Waals surface area contributed by atoms with E-state index in [1.165, 1.54) is 16.8 Å². The largest absolute Gasteiger partial charge is 0.369 e. The van der Waals surface area contributed by atoms with E-state index in [1.807, 2.05) is 30.3 Å². The first kappa shape index (κ1) is 17.7. The van der Waals surface area contributed by atoms with E-state index >= 15 is 0 Å². The Morgan fingerprint density at radius 3 is 2.43 bits per heavy atom. The highest BCUT2D eigenvalue weighted by molar-refractivity contribution is 5.94. The second kappa shape index (κ2) is 6.93. The van der Waals surface area contributed by atoms with E-state index in [9.17, 15) is 4.79 Å². The second-order valence-electron chi connectivity index (χ2n) is 8.67. The van der Waals surface area contributed by atoms with Gasteiger partial charge in [-0.25, -0.2) is 0 Å². The van der Waals surface area contributed by atoms with Crippen LogP contribution in [0, 0.1) is 5.92 Å². The van der Waals surface area contributed by atoms with Gasteiger partial charge in [0.05, 0.1) is 6.04 Å². The van der Waals surface area contributed by atoms with Crippen LogP contribution in [0.1, 0.15) is 46.8 Å². The van der Waals surface area contributed by atoms with Crippen LogP contribution >= 0.6 is 0 Å². The maximum absolute atomic E-state index is 13.3. The highest BCUT2D eigenvalue weighted by Crippen LogP contribution is 2.53. The topological polar surface area (TPSA) is 26.8 Å². The molecule has 0 radical (unpaired) electrons. The number of likely N-dealkylation sites (N-methyl/N-ethyl adjacent to an activating group) is 1. The van der Waals surface area contributed by atoms with Crippen molar-refractivity contribution < 1.29 is 4.79 Å². The number of anilines is 1. The Balaban J connectivity index is 1.48. The Morgan fingerprint density at radius 2 is 1.68 bits per heavy atom. The van der Waals surface area contributed by atoms with Crippen LogP contribution in [0.5, 0.6) is 0 Å². The van der Waals surface area contributed by atoms with Crippen molar-refractivity contribution in [1.29, 1.82) is 0 Å². The SMILES string of the molecule is C[C@H]1C2CCN(C(=O)c3ccccc3)C1c1cc(N3CCN(C)CC3)ccc12. The van der Waals surface area contributed by atoms with Crippen LogP contribution in [-0.4, -0.2) is 55.5 Å². The molecule has 0 saturated carbocycles. The molecule has 0 aromatic heterocycles. The summed E-state index contributed by atoms with van der Waals surface area (Å²) in [5, 5.41) is 0. The van der Waals surface area contributed by atoms with Crippen molar-refractivity contribution in [3.8, 4) is 0 Å². The lowest BCUT2D eigenvalue weighted by Crippen LogP contribution is -2.44. The first-order valence-corrected chi connectivity index (χ1v) is 10.6. The fraction of sp³-hybridized carbons (Fsp3) is 0.458. The summed E-state index contributed by atoms with van der Waals surface area (Å²) < 4.78 is 0. The third-order valence-electron chi connectivity index (χ3n) is 7.09. The van der Waals surface area contributed by atoms with E-state index < -0.39 is 0 Å². The Labute approximate surface area is 167 Å². The summed E-state index contributed by atoms with van der Waals surface area (Å²) in [6.07, 6.45) is 1.07. The van der Waals surface area contributed by atoms with Gasteiger partial charge in [0.25, 0.3) is 5.91 Å². The molecule has 146 valence electrons. The second-order valence-corrected chi connectivity index (χ2v) is 8.67. The third-order valence-corrected chi connectivity index (χ3v) is 7.09. The highest BCUT2D eigenvalue weighted by Gasteiger charge is 2.46. The molecule has 0 N–H and O–H groups in total. The minimum absolute atomic E-state index is 0.175. The zero-order valence-electron chi connectivity index (χ0n) is 16.8. The molecule has 2 heterocycles. The molecule has 2 unspecified atom stereocenters. The smallest absolute Gasteiger partial charge is 0.254 e. The van der Waals surface area contributed by atoms with Crippen LogP contribution in [0.15, 0.2) is 48.5 Å². The summed E-state index contributed by atoms with van der Waals surface area (Å²) in [7, 11) is 2.19. The molecule has 0 spiro atoms. The Morgan fingerprint density at radius 1 is 0.929 bits per heavy atom. The molecule has 4 heteroatoms. The van der Waals surface area contributed by atoms with Crippen LogP contribution < -0.4 is 4.90 Å². The standard InChI is InChI=1S/C24H29N3O/c1-17-20-10-11-27(24(28)18-6-4-3-5-7-18)23(17)22-16-19(8-9-21(20)22)26-14-12-25(2)13-15-26/h3-9,16-17,20,23H,10-15H2,1-2H3/t17-,20?,23?/m0/s1. The lowest BCUT2D eigenvalue weighted by Gasteiger charge is -2.39. The number of benzene rings is 2. The number of carbonyl (C=O) groups is 1. The molecule has 3 atom stereocenters. The Hall–Kier alpha value is -2.33. The summed E-state index contributed by atoms with van der Waals surface area (Å²) in [6.45, 7) is 7.55. The van der Waals surface area contributed by atoms with E-state index in [1.54, 1.807) is 0 Å². The Kier molecular flexibility index (Phi) is 4.39. The van der Waals surface area contributed by atoms with Crippen LogP contribution in [0.25, 0.3) is 0 Å². The molecule has 2 bridgehead atoms. The molecule has 2 saturated heterocycles. The average molecular weight is 376 g/mol. The predicted molar refractivity (Wildman–Crippen MR) is 113 cm³/mol. The maximum atomic E-state index is 13.3. The minimum atomic E-state index is 0.175. The number of rotatable bonds is 2. The molecule has 3 aliphatic rings. The van der Waals surface area contributed by atoms with Gasteiger partial charge >= 0.3 is 0 Å². The lowest BCUT2D eigenvalue weighted by molar-refractivity contribution is 0.0524. The molecule has 28 heavy (non-hydrogen) atoms. The molecule has 2 aromatic rings. The molecule has 2 aromatic carbocycles. The van der Waals surface area contributed by atoms with Gasteiger partial charge in [-0.2, -0.15) is 0 Å². The first-order chi connectivity index (χ1) is 13.6. The number of piperidine rings is 1. The zero-order chi connectivity index (χ0) is 19.3. The molecule has 1 amide bonds. The van der Waals surface area contributed by atoms with Crippen molar-refractivity contribution in [3.63, 3.8) is 0 Å². The number of hydrogen-bond donors (Lipinski definition) is 0. The Bertz CT molecular complexity index is 873. The van der Waals surface area contributed by atoms with Gasteiger partial charge in [0, 0.05) is 44.0 Å². The van der Waals surface area contributed by atoms with E-state index in [-0.39, 0.29) is 11.9 Å². The molecule has 1 aliphatic carbocycles. The van der Waals surface area contributed by atoms with Crippen LogP contribution in [-0.2, 0) is 0 Å². The van der Waals surface area contributed by atoms with Gasteiger partial charge in [0.2, 0.25) is 0 Å². The zero-order valence-corrected chi connectivity index (χ0v) is 16.8. The quantitative estimate of drug-likeness (QED) is 0.800. The van der Waals surface area contributed by atoms with E-state index in [4.69, 9.17) is 0 Å². The van der Waals surface area contributed by atoms with Crippen molar-refractivity contribution in [2.45, 2.75) is 25.3 Å².